The van der Waals surface area contributed by atoms with Gasteiger partial charge in [0.15, 0.2) is 0 Å². The van der Waals surface area contributed by atoms with E-state index in [0.717, 1.165) is 15.5 Å². The Morgan fingerprint density at radius 1 is 1.14 bits per heavy atom. The summed E-state index contributed by atoms with van der Waals surface area (Å²) >= 11 is 14.8. The molecule has 0 aliphatic heterocycles. The monoisotopic (exact) mass is 358 g/mol. The molecule has 0 saturated heterocycles. The van der Waals surface area contributed by atoms with Crippen LogP contribution in [0.15, 0.2) is 51.1 Å². The molecule has 2 aromatic rings. The lowest BCUT2D eigenvalue weighted by atomic mass is 10.2. The van der Waals surface area contributed by atoms with Crippen molar-refractivity contribution in [3.63, 3.8) is 0 Å². The summed E-state index contributed by atoms with van der Waals surface area (Å²) in [5, 5.41) is 10.4. The highest BCUT2D eigenvalue weighted by Gasteiger charge is 2.16. The Hall–Kier alpha value is -0.810. The Morgan fingerprint density at radius 2 is 1.86 bits per heavy atom. The molecule has 0 aliphatic carbocycles. The average Bonchev–Trinajstić information content (AvgIpc) is 2.43. The summed E-state index contributed by atoms with van der Waals surface area (Å²) in [6.45, 7) is 2.00. The van der Waals surface area contributed by atoms with Crippen LogP contribution in [0.1, 0.15) is 17.3 Å². The first kappa shape index (κ1) is 16.6. The van der Waals surface area contributed by atoms with Crippen LogP contribution in [0.5, 0.6) is 0 Å². The zero-order valence-corrected chi connectivity index (χ0v) is 14.2. The van der Waals surface area contributed by atoms with Gasteiger partial charge in [-0.25, -0.2) is 4.79 Å². The number of carbonyl (C=O) groups is 1. The Morgan fingerprint density at radius 3 is 2.48 bits per heavy atom. The van der Waals surface area contributed by atoms with E-state index in [-0.39, 0.29) is 0 Å². The third-order valence-electron chi connectivity index (χ3n) is 2.62. The second kappa shape index (κ2) is 7.45. The summed E-state index contributed by atoms with van der Waals surface area (Å²) in [6.07, 6.45) is 0. The number of benzene rings is 2. The zero-order valence-electron chi connectivity index (χ0n) is 11.1. The highest BCUT2D eigenvalue weighted by molar-refractivity contribution is 8.00. The minimum atomic E-state index is -0.922. The fourth-order valence-electron chi connectivity index (χ4n) is 1.75. The molecule has 0 radical (unpaired) electrons. The van der Waals surface area contributed by atoms with Crippen molar-refractivity contribution < 1.29 is 9.90 Å². The van der Waals surface area contributed by atoms with Gasteiger partial charge in [-0.2, -0.15) is 0 Å². The van der Waals surface area contributed by atoms with Crippen molar-refractivity contribution >= 4 is 52.7 Å². The van der Waals surface area contributed by atoms with E-state index in [9.17, 15) is 9.90 Å². The number of thioether (sulfide) groups is 1. The molecular weight excluding hydrogens is 347 g/mol. The second-order valence-electron chi connectivity index (χ2n) is 4.05. The summed E-state index contributed by atoms with van der Waals surface area (Å²) < 4.78 is 0. The quantitative estimate of drug-likeness (QED) is 0.669. The van der Waals surface area contributed by atoms with Gasteiger partial charge in [-0.3, -0.25) is 0 Å². The normalized spacial score (nSPS) is 10.6. The molecule has 0 heterocycles. The summed E-state index contributed by atoms with van der Waals surface area (Å²) in [5.41, 5.74) is 0.334. The molecule has 0 bridgehead atoms. The van der Waals surface area contributed by atoms with Gasteiger partial charge in [0.1, 0.15) is 0 Å². The maximum atomic E-state index is 11.6. The smallest absolute Gasteiger partial charge is 0.337 e. The maximum Gasteiger partial charge on any atom is 0.337 e. The van der Waals surface area contributed by atoms with E-state index in [1.165, 1.54) is 23.5 Å². The fraction of sp³-hybridized carbons (Fsp3) is 0.133. The molecule has 21 heavy (non-hydrogen) atoms. The first-order valence-corrected chi connectivity index (χ1v) is 8.70. The SMILES string of the molecule is CCSc1cccc(Sc2ccc(Cl)c(Cl)c2)c1C(=O)O. The molecule has 6 heteroatoms. The minimum Gasteiger partial charge on any atom is -0.478 e. The van der Waals surface area contributed by atoms with Gasteiger partial charge >= 0.3 is 5.97 Å². The highest BCUT2D eigenvalue weighted by Crippen LogP contribution is 2.37. The summed E-state index contributed by atoms with van der Waals surface area (Å²) in [5.74, 6) is -0.102. The molecule has 110 valence electrons. The Bertz CT molecular complexity index is 675. The molecule has 1 N–H and O–H groups in total. The standard InChI is InChI=1S/C15H12Cl2O2S2/c1-2-20-12-4-3-5-13(14(12)15(18)19)21-9-6-7-10(16)11(17)8-9/h3-8H,2H2,1H3,(H,18,19). The predicted octanol–water partition coefficient (Wildman–Crippen LogP) is 5.95. The third kappa shape index (κ3) is 4.10. The van der Waals surface area contributed by atoms with Crippen LogP contribution in [-0.4, -0.2) is 16.8 Å². The first-order valence-electron chi connectivity index (χ1n) is 6.15. The van der Waals surface area contributed by atoms with Crippen LogP contribution < -0.4 is 0 Å². The van der Waals surface area contributed by atoms with Crippen LogP contribution in [0.25, 0.3) is 0 Å². The van der Waals surface area contributed by atoms with Gasteiger partial charge in [0, 0.05) is 14.7 Å². The van der Waals surface area contributed by atoms with E-state index in [1.807, 2.05) is 25.1 Å². The van der Waals surface area contributed by atoms with E-state index in [2.05, 4.69) is 0 Å². The third-order valence-corrected chi connectivity index (χ3v) is 5.35. The van der Waals surface area contributed by atoms with Gasteiger partial charge in [0.2, 0.25) is 0 Å². The van der Waals surface area contributed by atoms with E-state index >= 15 is 0 Å². The fourth-order valence-corrected chi connectivity index (χ4v) is 4.02. The number of aromatic carboxylic acids is 1. The zero-order chi connectivity index (χ0) is 15.4. The summed E-state index contributed by atoms with van der Waals surface area (Å²) in [7, 11) is 0. The number of rotatable bonds is 5. The average molecular weight is 359 g/mol. The molecule has 0 saturated carbocycles. The number of carboxylic acid groups (broad SMARTS) is 1. The van der Waals surface area contributed by atoms with Gasteiger partial charge in [-0.1, -0.05) is 48.0 Å². The lowest BCUT2D eigenvalue weighted by molar-refractivity contribution is 0.0689. The van der Waals surface area contributed by atoms with Crippen molar-refractivity contribution in [3.8, 4) is 0 Å². The number of hydrogen-bond donors (Lipinski definition) is 1. The van der Waals surface area contributed by atoms with Gasteiger partial charge in [-0.15, -0.1) is 11.8 Å². The van der Waals surface area contributed by atoms with Crippen molar-refractivity contribution in [1.29, 1.82) is 0 Å². The second-order valence-corrected chi connectivity index (χ2v) is 7.28. The van der Waals surface area contributed by atoms with Gasteiger partial charge in [-0.05, 0) is 36.1 Å². The molecule has 0 fully saturated rings. The predicted molar refractivity (Wildman–Crippen MR) is 90.4 cm³/mol. The van der Waals surface area contributed by atoms with E-state index < -0.39 is 5.97 Å². The van der Waals surface area contributed by atoms with Crippen molar-refractivity contribution in [3.05, 3.63) is 52.0 Å². The molecule has 0 spiro atoms. The van der Waals surface area contributed by atoms with Crippen LogP contribution in [-0.2, 0) is 0 Å². The highest BCUT2D eigenvalue weighted by atomic mass is 35.5. The molecule has 0 unspecified atom stereocenters. The van der Waals surface area contributed by atoms with Gasteiger partial charge < -0.3 is 5.11 Å². The van der Waals surface area contributed by atoms with Crippen LogP contribution in [0.3, 0.4) is 0 Å². The lowest BCUT2D eigenvalue weighted by Gasteiger charge is -2.10. The molecule has 2 rings (SSSR count). The summed E-state index contributed by atoms with van der Waals surface area (Å²) in [6, 6.07) is 10.8. The molecule has 0 atom stereocenters. The number of carboxylic acids is 1. The molecule has 0 amide bonds. The van der Waals surface area contributed by atoms with E-state index in [0.29, 0.717) is 20.5 Å². The van der Waals surface area contributed by atoms with Crippen molar-refractivity contribution in [2.45, 2.75) is 21.6 Å². The number of hydrogen-bond acceptors (Lipinski definition) is 3. The molecule has 0 aromatic heterocycles. The van der Waals surface area contributed by atoms with E-state index in [1.54, 1.807) is 18.2 Å². The van der Waals surface area contributed by atoms with Crippen molar-refractivity contribution in [2.24, 2.45) is 0 Å². The molecule has 2 aromatic carbocycles. The Kier molecular flexibility index (Phi) is 5.88. The lowest BCUT2D eigenvalue weighted by Crippen LogP contribution is -2.01. The van der Waals surface area contributed by atoms with Crippen LogP contribution in [0, 0.1) is 0 Å². The molecular formula is C15H12Cl2O2S2. The summed E-state index contributed by atoms with van der Waals surface area (Å²) in [4.78, 5) is 13.9. The van der Waals surface area contributed by atoms with E-state index in [4.69, 9.17) is 23.2 Å². The Balaban J connectivity index is 2.41. The molecule has 0 aliphatic rings. The van der Waals surface area contributed by atoms with Gasteiger partial charge in [0.25, 0.3) is 0 Å². The minimum absolute atomic E-state index is 0.334. The van der Waals surface area contributed by atoms with Crippen molar-refractivity contribution in [2.75, 3.05) is 5.75 Å². The first-order chi connectivity index (χ1) is 10.0. The van der Waals surface area contributed by atoms with Crippen molar-refractivity contribution in [1.82, 2.24) is 0 Å². The van der Waals surface area contributed by atoms with Crippen LogP contribution in [0.4, 0.5) is 0 Å². The Labute approximate surface area is 141 Å². The number of halogens is 2. The molecule has 2 nitrogen and oxygen atoms in total. The largest absolute Gasteiger partial charge is 0.478 e. The maximum absolute atomic E-state index is 11.6. The van der Waals surface area contributed by atoms with Crippen LogP contribution in [0.2, 0.25) is 10.0 Å². The van der Waals surface area contributed by atoms with Gasteiger partial charge in [0.05, 0.1) is 15.6 Å². The topological polar surface area (TPSA) is 37.3 Å². The van der Waals surface area contributed by atoms with Crippen LogP contribution >= 0.6 is 46.7 Å².